The monoisotopic (exact) mass is 296 g/mol. The minimum absolute atomic E-state index is 0.157. The summed E-state index contributed by atoms with van der Waals surface area (Å²) in [6.07, 6.45) is -1.75. The zero-order chi connectivity index (χ0) is 15.5. The summed E-state index contributed by atoms with van der Waals surface area (Å²) < 4.78 is 0. The fourth-order valence-electron chi connectivity index (χ4n) is 2.66. The van der Waals surface area contributed by atoms with Gasteiger partial charge in [-0.2, -0.15) is 0 Å². The highest BCUT2D eigenvalue weighted by atomic mass is 16.3. The van der Waals surface area contributed by atoms with Gasteiger partial charge in [0.2, 0.25) is 0 Å². The molecule has 0 aliphatic heterocycles. The van der Waals surface area contributed by atoms with E-state index in [1.807, 2.05) is 36.4 Å². The summed E-state index contributed by atoms with van der Waals surface area (Å²) in [5.74, 6) is 0. The predicted octanol–water partition coefficient (Wildman–Crippen LogP) is 3.42. The van der Waals surface area contributed by atoms with Crippen LogP contribution in [-0.4, -0.2) is 27.8 Å². The summed E-state index contributed by atoms with van der Waals surface area (Å²) in [6.45, 7) is 0.157. The normalized spacial score (nSPS) is 13.9. The molecule has 2 unspecified atom stereocenters. The molecule has 0 saturated heterocycles. The van der Waals surface area contributed by atoms with E-state index in [0.29, 0.717) is 5.56 Å². The van der Waals surface area contributed by atoms with E-state index in [1.165, 1.54) is 0 Å². The van der Waals surface area contributed by atoms with Crippen LogP contribution in [0.25, 0.3) is 32.2 Å². The van der Waals surface area contributed by atoms with Crippen LogP contribution in [0, 0.1) is 0 Å². The minimum atomic E-state index is -1.01. The number of nitrogens with one attached hydrogen (secondary N) is 1. The van der Waals surface area contributed by atoms with E-state index in [1.54, 1.807) is 6.07 Å². The summed E-state index contributed by atoms with van der Waals surface area (Å²) in [7, 11) is 0. The Morgan fingerprint density at radius 1 is 1.09 bits per heavy atom. The van der Waals surface area contributed by atoms with Gasteiger partial charge < -0.3 is 15.2 Å². The zero-order valence-electron chi connectivity index (χ0n) is 11.8. The molecule has 22 heavy (non-hydrogen) atoms. The molecule has 0 aliphatic rings. The summed E-state index contributed by atoms with van der Waals surface area (Å²) in [5, 5.41) is 25.7. The molecule has 6 heteroatoms. The molecule has 0 bridgehead atoms. The number of aliphatic hydroxyl groups is 2. The largest absolute Gasteiger partial charge is 0.390 e. The maximum absolute atomic E-state index is 10.3. The van der Waals surface area contributed by atoms with Crippen molar-refractivity contribution in [2.24, 2.45) is 5.11 Å². The number of hydrogen-bond donors (Lipinski definition) is 3. The number of nitrogens with zero attached hydrogens (tertiary/aromatic N) is 3. The van der Waals surface area contributed by atoms with Crippen LogP contribution >= 0.6 is 0 Å². The number of hydrogen-bond acceptors (Lipinski definition) is 3. The first-order valence-electron chi connectivity index (χ1n) is 7.08. The van der Waals surface area contributed by atoms with Crippen molar-refractivity contribution in [2.45, 2.75) is 18.6 Å². The molecule has 6 nitrogen and oxygen atoms in total. The van der Waals surface area contributed by atoms with Crippen LogP contribution in [-0.2, 0) is 0 Å². The predicted molar refractivity (Wildman–Crippen MR) is 85.4 cm³/mol. The lowest BCUT2D eigenvalue weighted by molar-refractivity contribution is 0.0151. The Hall–Kier alpha value is -2.53. The van der Waals surface area contributed by atoms with E-state index in [9.17, 15) is 10.2 Å². The van der Waals surface area contributed by atoms with Crippen LogP contribution in [0.1, 0.15) is 18.1 Å². The van der Waals surface area contributed by atoms with Crippen molar-refractivity contribution in [1.29, 1.82) is 0 Å². The van der Waals surface area contributed by atoms with Crippen LogP contribution in [0.15, 0.2) is 47.6 Å². The number of benzene rings is 2. The zero-order valence-corrected chi connectivity index (χ0v) is 11.8. The van der Waals surface area contributed by atoms with Crippen molar-refractivity contribution in [1.82, 2.24) is 4.98 Å². The number of aliphatic hydroxyl groups excluding tert-OH is 2. The lowest BCUT2D eigenvalue weighted by atomic mass is 10.00. The highest BCUT2D eigenvalue weighted by molar-refractivity contribution is 6.07. The summed E-state index contributed by atoms with van der Waals surface area (Å²) in [6, 6.07) is 13.5. The highest BCUT2D eigenvalue weighted by Gasteiger charge is 2.18. The molecule has 0 saturated carbocycles. The van der Waals surface area contributed by atoms with Crippen molar-refractivity contribution >= 4 is 21.8 Å². The Balaban J connectivity index is 1.93. The van der Waals surface area contributed by atoms with Crippen LogP contribution in [0.5, 0.6) is 0 Å². The van der Waals surface area contributed by atoms with E-state index < -0.39 is 12.2 Å². The highest BCUT2D eigenvalue weighted by Crippen LogP contribution is 2.29. The maximum Gasteiger partial charge on any atom is 0.105 e. The molecule has 0 radical (unpaired) electrons. The third-order valence-corrected chi connectivity index (χ3v) is 3.82. The minimum Gasteiger partial charge on any atom is -0.390 e. The third-order valence-electron chi connectivity index (χ3n) is 3.82. The Bertz CT molecular complexity index is 852. The SMILES string of the molecule is [N-]=[N+]=NCCC(O)C(O)c1ccc2[nH]c3ccccc3c2c1. The average Bonchev–Trinajstić information content (AvgIpc) is 2.92. The summed E-state index contributed by atoms with van der Waals surface area (Å²) in [4.78, 5) is 5.95. The van der Waals surface area contributed by atoms with E-state index in [-0.39, 0.29) is 13.0 Å². The van der Waals surface area contributed by atoms with Gasteiger partial charge in [-0.05, 0) is 35.7 Å². The standard InChI is InChI=1S/C16H16N4O2/c17-20-18-8-7-15(21)16(22)10-5-6-14-12(9-10)11-3-1-2-4-13(11)19-14/h1-6,9,15-16,19,21-22H,7-8H2. The number of para-hydroxylation sites is 1. The first-order chi connectivity index (χ1) is 10.7. The Morgan fingerprint density at radius 2 is 1.86 bits per heavy atom. The fourth-order valence-corrected chi connectivity index (χ4v) is 2.66. The number of aromatic nitrogens is 1. The summed E-state index contributed by atoms with van der Waals surface area (Å²) in [5.41, 5.74) is 10.9. The first-order valence-corrected chi connectivity index (χ1v) is 7.08. The number of fused-ring (bicyclic) bond motifs is 3. The molecule has 0 fully saturated rings. The van der Waals surface area contributed by atoms with Gasteiger partial charge in [-0.1, -0.05) is 29.4 Å². The Kier molecular flexibility index (Phi) is 3.98. The molecule has 3 rings (SSSR count). The second-order valence-electron chi connectivity index (χ2n) is 5.23. The lowest BCUT2D eigenvalue weighted by Gasteiger charge is -2.17. The molecule has 0 aliphatic carbocycles. The molecule has 3 N–H and O–H groups in total. The third kappa shape index (κ3) is 2.63. The van der Waals surface area contributed by atoms with Gasteiger partial charge in [-0.3, -0.25) is 0 Å². The maximum atomic E-state index is 10.3. The quantitative estimate of drug-likeness (QED) is 0.381. The van der Waals surface area contributed by atoms with E-state index >= 15 is 0 Å². The van der Waals surface area contributed by atoms with Crippen LogP contribution in [0.4, 0.5) is 0 Å². The van der Waals surface area contributed by atoms with Gasteiger partial charge in [0.1, 0.15) is 6.10 Å². The molecule has 2 aromatic carbocycles. The number of H-pyrrole nitrogens is 1. The number of azide groups is 1. The first kappa shape index (κ1) is 14.4. The van der Waals surface area contributed by atoms with Gasteiger partial charge in [0.05, 0.1) is 6.10 Å². The smallest absolute Gasteiger partial charge is 0.105 e. The summed E-state index contributed by atoms with van der Waals surface area (Å²) >= 11 is 0. The topological polar surface area (TPSA) is 105 Å². The van der Waals surface area contributed by atoms with Crippen LogP contribution < -0.4 is 0 Å². The van der Waals surface area contributed by atoms with Gasteiger partial charge >= 0.3 is 0 Å². The van der Waals surface area contributed by atoms with Crippen molar-refractivity contribution < 1.29 is 10.2 Å². The van der Waals surface area contributed by atoms with Gasteiger partial charge in [0.25, 0.3) is 0 Å². The second-order valence-corrected chi connectivity index (χ2v) is 5.23. The Morgan fingerprint density at radius 3 is 2.68 bits per heavy atom. The molecular weight excluding hydrogens is 280 g/mol. The fraction of sp³-hybridized carbons (Fsp3) is 0.250. The van der Waals surface area contributed by atoms with E-state index in [2.05, 4.69) is 15.0 Å². The second kappa shape index (κ2) is 6.07. The molecule has 3 aromatic rings. The van der Waals surface area contributed by atoms with Crippen LogP contribution in [0.3, 0.4) is 0 Å². The van der Waals surface area contributed by atoms with E-state index in [4.69, 9.17) is 5.53 Å². The number of aromatic amines is 1. The molecule has 2 atom stereocenters. The molecule has 0 spiro atoms. The molecule has 1 heterocycles. The Labute approximate surface area is 126 Å². The van der Waals surface area contributed by atoms with Crippen molar-refractivity contribution in [3.63, 3.8) is 0 Å². The lowest BCUT2D eigenvalue weighted by Crippen LogP contribution is -2.19. The molecular formula is C16H16N4O2. The molecule has 112 valence electrons. The average molecular weight is 296 g/mol. The van der Waals surface area contributed by atoms with Crippen molar-refractivity contribution in [3.8, 4) is 0 Å². The van der Waals surface area contributed by atoms with Crippen LogP contribution in [0.2, 0.25) is 0 Å². The van der Waals surface area contributed by atoms with Crippen molar-refractivity contribution in [3.05, 3.63) is 58.5 Å². The van der Waals surface area contributed by atoms with Gasteiger partial charge in [-0.15, -0.1) is 0 Å². The van der Waals surface area contributed by atoms with Gasteiger partial charge in [0.15, 0.2) is 0 Å². The molecule has 1 aromatic heterocycles. The van der Waals surface area contributed by atoms with Gasteiger partial charge in [-0.25, -0.2) is 0 Å². The van der Waals surface area contributed by atoms with Gasteiger partial charge in [0, 0.05) is 33.3 Å². The van der Waals surface area contributed by atoms with Crippen molar-refractivity contribution in [2.75, 3.05) is 6.54 Å². The number of rotatable bonds is 5. The van der Waals surface area contributed by atoms with E-state index in [0.717, 1.165) is 21.8 Å². The molecule has 0 amide bonds.